The maximum atomic E-state index is 13.7. The maximum absolute atomic E-state index is 13.7. The number of aliphatic hydroxyl groups excluding tert-OH is 1. The van der Waals surface area contributed by atoms with Crippen molar-refractivity contribution in [2.75, 3.05) is 5.32 Å². The topological polar surface area (TPSA) is 32.3 Å². The highest BCUT2D eigenvalue weighted by Gasteiger charge is 2.25. The van der Waals surface area contributed by atoms with Gasteiger partial charge in [0.25, 0.3) is 0 Å². The molecular weight excluding hydrogens is 253 g/mol. The molecule has 0 radical (unpaired) electrons. The molecule has 2 unspecified atom stereocenters. The summed E-state index contributed by atoms with van der Waals surface area (Å²) in [5.74, 6) is -0.115. The molecule has 0 saturated heterocycles. The molecule has 0 heterocycles. The molecule has 2 aromatic rings. The fourth-order valence-corrected chi connectivity index (χ4v) is 2.94. The summed E-state index contributed by atoms with van der Waals surface area (Å²) < 4.78 is 13.7. The second kappa shape index (κ2) is 5.25. The number of halogens is 1. The van der Waals surface area contributed by atoms with Gasteiger partial charge in [0.05, 0.1) is 12.1 Å². The standard InChI is InChI=1S/C17H18FNO/c1-11(20)12-5-2-3-8-16(12)19-17-10-9-13-14(17)6-4-7-15(13)18/h2-8,11,17,19-20H,9-10H2,1H3. The Morgan fingerprint density at radius 1 is 1.20 bits per heavy atom. The van der Waals surface area contributed by atoms with Crippen LogP contribution in [-0.2, 0) is 6.42 Å². The van der Waals surface area contributed by atoms with Crippen LogP contribution in [0.15, 0.2) is 42.5 Å². The largest absolute Gasteiger partial charge is 0.389 e. The van der Waals surface area contributed by atoms with Gasteiger partial charge in [0.2, 0.25) is 0 Å². The minimum Gasteiger partial charge on any atom is -0.389 e. The first kappa shape index (κ1) is 13.1. The molecule has 2 aromatic carbocycles. The zero-order valence-electron chi connectivity index (χ0n) is 11.4. The number of para-hydroxylation sites is 1. The normalized spacial score (nSPS) is 18.6. The van der Waals surface area contributed by atoms with Gasteiger partial charge in [-0.05, 0) is 43.0 Å². The third kappa shape index (κ3) is 2.29. The van der Waals surface area contributed by atoms with E-state index in [-0.39, 0.29) is 11.9 Å². The van der Waals surface area contributed by atoms with Crippen molar-refractivity contribution in [1.29, 1.82) is 0 Å². The average Bonchev–Trinajstić information content (AvgIpc) is 2.84. The number of aliphatic hydroxyl groups is 1. The molecule has 1 aliphatic rings. The molecule has 2 nitrogen and oxygen atoms in total. The molecule has 0 bridgehead atoms. The van der Waals surface area contributed by atoms with Crippen LogP contribution < -0.4 is 5.32 Å². The SMILES string of the molecule is CC(O)c1ccccc1NC1CCc2c(F)cccc21. The molecule has 0 saturated carbocycles. The molecule has 0 aromatic heterocycles. The highest BCUT2D eigenvalue weighted by molar-refractivity contribution is 5.55. The van der Waals surface area contributed by atoms with Gasteiger partial charge in [0, 0.05) is 11.3 Å². The summed E-state index contributed by atoms with van der Waals surface area (Å²) >= 11 is 0. The van der Waals surface area contributed by atoms with E-state index >= 15 is 0 Å². The molecule has 2 atom stereocenters. The summed E-state index contributed by atoms with van der Waals surface area (Å²) in [6.07, 6.45) is 1.12. The third-order valence-corrected chi connectivity index (χ3v) is 3.95. The third-order valence-electron chi connectivity index (χ3n) is 3.95. The summed E-state index contributed by atoms with van der Waals surface area (Å²) in [5, 5.41) is 13.3. The number of anilines is 1. The van der Waals surface area contributed by atoms with Crippen LogP contribution in [0.2, 0.25) is 0 Å². The first-order chi connectivity index (χ1) is 9.66. The lowest BCUT2D eigenvalue weighted by atomic mass is 10.0. The van der Waals surface area contributed by atoms with Crippen LogP contribution in [0.5, 0.6) is 0 Å². The molecule has 20 heavy (non-hydrogen) atoms. The molecule has 3 heteroatoms. The second-order valence-electron chi connectivity index (χ2n) is 5.31. The first-order valence-electron chi connectivity index (χ1n) is 6.97. The Bertz CT molecular complexity index is 624. The van der Waals surface area contributed by atoms with Crippen LogP contribution in [0.25, 0.3) is 0 Å². The van der Waals surface area contributed by atoms with Gasteiger partial charge in [-0.25, -0.2) is 4.39 Å². The molecule has 0 aliphatic heterocycles. The Kier molecular flexibility index (Phi) is 3.45. The van der Waals surface area contributed by atoms with Gasteiger partial charge in [-0.1, -0.05) is 30.3 Å². The lowest BCUT2D eigenvalue weighted by Crippen LogP contribution is -2.10. The summed E-state index contributed by atoms with van der Waals surface area (Å²) in [7, 11) is 0. The first-order valence-corrected chi connectivity index (χ1v) is 6.97. The van der Waals surface area contributed by atoms with Crippen molar-refractivity contribution < 1.29 is 9.50 Å². The zero-order chi connectivity index (χ0) is 14.1. The van der Waals surface area contributed by atoms with Crippen LogP contribution in [0.4, 0.5) is 10.1 Å². The van der Waals surface area contributed by atoms with Crippen molar-refractivity contribution in [3.63, 3.8) is 0 Å². The predicted octanol–water partition coefficient (Wildman–Crippen LogP) is 3.98. The van der Waals surface area contributed by atoms with E-state index in [9.17, 15) is 9.50 Å². The van der Waals surface area contributed by atoms with Gasteiger partial charge < -0.3 is 10.4 Å². The Morgan fingerprint density at radius 3 is 2.80 bits per heavy atom. The fraction of sp³-hybridized carbons (Fsp3) is 0.294. The van der Waals surface area contributed by atoms with E-state index in [2.05, 4.69) is 5.32 Å². The minimum atomic E-state index is -0.521. The molecule has 0 spiro atoms. The monoisotopic (exact) mass is 271 g/mol. The van der Waals surface area contributed by atoms with Crippen LogP contribution in [0.3, 0.4) is 0 Å². The summed E-state index contributed by atoms with van der Waals surface area (Å²) in [6.45, 7) is 1.75. The fourth-order valence-electron chi connectivity index (χ4n) is 2.94. The van der Waals surface area contributed by atoms with E-state index in [1.54, 1.807) is 13.0 Å². The second-order valence-corrected chi connectivity index (χ2v) is 5.31. The molecule has 1 aliphatic carbocycles. The highest BCUT2D eigenvalue weighted by atomic mass is 19.1. The zero-order valence-corrected chi connectivity index (χ0v) is 11.4. The summed E-state index contributed by atoms with van der Waals surface area (Å²) in [4.78, 5) is 0. The smallest absolute Gasteiger partial charge is 0.126 e. The quantitative estimate of drug-likeness (QED) is 0.885. The van der Waals surface area contributed by atoms with Gasteiger partial charge in [0.15, 0.2) is 0 Å². The number of fused-ring (bicyclic) bond motifs is 1. The van der Waals surface area contributed by atoms with Crippen molar-refractivity contribution in [3.05, 3.63) is 65.0 Å². The Morgan fingerprint density at radius 2 is 2.00 bits per heavy atom. The van der Waals surface area contributed by atoms with Crippen LogP contribution >= 0.6 is 0 Å². The minimum absolute atomic E-state index is 0.112. The number of benzene rings is 2. The highest BCUT2D eigenvalue weighted by Crippen LogP contribution is 2.36. The van der Waals surface area contributed by atoms with Gasteiger partial charge in [-0.2, -0.15) is 0 Å². The number of hydrogen-bond acceptors (Lipinski definition) is 2. The van der Waals surface area contributed by atoms with Gasteiger partial charge in [0.1, 0.15) is 5.82 Å². The molecule has 3 rings (SSSR count). The van der Waals surface area contributed by atoms with Crippen molar-refractivity contribution in [2.45, 2.75) is 31.9 Å². The molecule has 2 N–H and O–H groups in total. The Balaban J connectivity index is 1.90. The van der Waals surface area contributed by atoms with Crippen molar-refractivity contribution in [1.82, 2.24) is 0 Å². The van der Waals surface area contributed by atoms with E-state index in [0.29, 0.717) is 0 Å². The molecular formula is C17H18FNO. The van der Waals surface area contributed by atoms with Crippen molar-refractivity contribution in [3.8, 4) is 0 Å². The number of rotatable bonds is 3. The van der Waals surface area contributed by atoms with E-state index in [4.69, 9.17) is 0 Å². The Labute approximate surface area is 118 Å². The average molecular weight is 271 g/mol. The van der Waals surface area contributed by atoms with Gasteiger partial charge >= 0.3 is 0 Å². The lowest BCUT2D eigenvalue weighted by Gasteiger charge is -2.19. The van der Waals surface area contributed by atoms with Crippen molar-refractivity contribution >= 4 is 5.69 Å². The maximum Gasteiger partial charge on any atom is 0.126 e. The van der Waals surface area contributed by atoms with Crippen molar-refractivity contribution in [2.24, 2.45) is 0 Å². The van der Waals surface area contributed by atoms with Crippen LogP contribution in [0, 0.1) is 5.82 Å². The van der Waals surface area contributed by atoms with Gasteiger partial charge in [-0.3, -0.25) is 0 Å². The van der Waals surface area contributed by atoms with E-state index < -0.39 is 6.10 Å². The number of nitrogens with one attached hydrogen (secondary N) is 1. The number of hydrogen-bond donors (Lipinski definition) is 2. The Hall–Kier alpha value is -1.87. The predicted molar refractivity (Wildman–Crippen MR) is 78.2 cm³/mol. The van der Waals surface area contributed by atoms with Crippen LogP contribution in [0.1, 0.15) is 42.2 Å². The van der Waals surface area contributed by atoms with Crippen LogP contribution in [-0.4, -0.2) is 5.11 Å². The lowest BCUT2D eigenvalue weighted by molar-refractivity contribution is 0.200. The summed E-state index contributed by atoms with van der Waals surface area (Å²) in [5.41, 5.74) is 3.65. The van der Waals surface area contributed by atoms with E-state index in [0.717, 1.165) is 35.2 Å². The summed E-state index contributed by atoms with van der Waals surface area (Å²) in [6, 6.07) is 13.1. The van der Waals surface area contributed by atoms with E-state index in [1.807, 2.05) is 30.3 Å². The molecule has 104 valence electrons. The van der Waals surface area contributed by atoms with Gasteiger partial charge in [-0.15, -0.1) is 0 Å². The van der Waals surface area contributed by atoms with E-state index in [1.165, 1.54) is 6.07 Å². The molecule has 0 fully saturated rings. The molecule has 0 amide bonds.